The Hall–Kier alpha value is -2.41. The molecule has 1 nitrogen and oxygen atoms in total. The van der Waals surface area contributed by atoms with Crippen LogP contribution in [0.5, 0.6) is 5.75 Å². The summed E-state index contributed by atoms with van der Waals surface area (Å²) < 4.78 is 73.7. The number of aryl methyl sites for hydroxylation is 2. The highest BCUT2D eigenvalue weighted by Crippen LogP contribution is 2.45. The number of hydrogen-bond donors (Lipinski definition) is 0. The first-order valence-corrected chi connectivity index (χ1v) is 9.39. The fourth-order valence-electron chi connectivity index (χ4n) is 2.99. The van der Waals surface area contributed by atoms with E-state index in [1.165, 1.54) is 6.92 Å². The van der Waals surface area contributed by atoms with E-state index in [0.717, 1.165) is 41.5 Å². The Labute approximate surface area is 163 Å². The van der Waals surface area contributed by atoms with Gasteiger partial charge < -0.3 is 4.74 Å². The Balaban J connectivity index is 2.06. The van der Waals surface area contributed by atoms with Gasteiger partial charge in [0.05, 0.1) is 5.56 Å². The van der Waals surface area contributed by atoms with Crippen LogP contribution in [-0.4, -0.2) is 0 Å². The largest absolute Gasteiger partial charge is 0.483 e. The Morgan fingerprint density at radius 1 is 0.964 bits per heavy atom. The molecule has 0 N–H and O–H groups in total. The van der Waals surface area contributed by atoms with Crippen LogP contribution in [0.25, 0.3) is 10.4 Å². The molecule has 2 aromatic carbocycles. The van der Waals surface area contributed by atoms with Crippen molar-refractivity contribution in [2.75, 3.05) is 0 Å². The van der Waals surface area contributed by atoms with Crippen LogP contribution in [-0.2, 0) is 19.2 Å². The number of halogens is 5. The minimum absolute atomic E-state index is 0.0784. The van der Waals surface area contributed by atoms with Crippen LogP contribution in [0.2, 0.25) is 0 Å². The maximum Gasteiger partial charge on any atom is 0.417 e. The van der Waals surface area contributed by atoms with E-state index in [0.29, 0.717) is 10.4 Å². The van der Waals surface area contributed by atoms with Crippen molar-refractivity contribution in [1.82, 2.24) is 0 Å². The topological polar surface area (TPSA) is 9.23 Å². The Morgan fingerprint density at radius 3 is 2.11 bits per heavy atom. The van der Waals surface area contributed by atoms with Crippen molar-refractivity contribution in [2.45, 2.75) is 33.1 Å². The molecule has 0 bridgehead atoms. The van der Waals surface area contributed by atoms with Gasteiger partial charge in [-0.1, -0.05) is 37.3 Å². The molecule has 0 fully saturated rings. The summed E-state index contributed by atoms with van der Waals surface area (Å²) in [6.45, 7) is 2.76. The van der Waals surface area contributed by atoms with E-state index in [4.69, 9.17) is 4.74 Å². The van der Waals surface area contributed by atoms with Gasteiger partial charge >= 0.3 is 6.18 Å². The number of thiophene rings is 1. The quantitative estimate of drug-likeness (QED) is 0.404. The van der Waals surface area contributed by atoms with Gasteiger partial charge in [-0.3, -0.25) is 0 Å². The van der Waals surface area contributed by atoms with Gasteiger partial charge in [-0.05, 0) is 36.6 Å². The molecule has 0 aliphatic rings. The van der Waals surface area contributed by atoms with E-state index < -0.39 is 35.7 Å². The van der Waals surface area contributed by atoms with Crippen molar-refractivity contribution in [3.8, 4) is 16.2 Å². The fourth-order valence-corrected chi connectivity index (χ4v) is 4.18. The predicted molar refractivity (Wildman–Crippen MR) is 99.6 cm³/mol. The molecule has 0 spiro atoms. The minimum atomic E-state index is -4.60. The number of ether oxygens (including phenoxy) is 1. The van der Waals surface area contributed by atoms with Crippen LogP contribution in [0, 0.1) is 18.6 Å². The molecule has 0 saturated heterocycles. The fraction of sp³-hybridized carbons (Fsp3) is 0.238. The zero-order chi connectivity index (χ0) is 20.5. The SMILES string of the molecule is CCc1ccc(-c2sc(C)c(C(F)(F)F)c2COc2c(F)cccc2F)cc1. The highest BCUT2D eigenvalue weighted by atomic mass is 32.1. The van der Waals surface area contributed by atoms with Crippen molar-refractivity contribution in [1.29, 1.82) is 0 Å². The lowest BCUT2D eigenvalue weighted by Crippen LogP contribution is -2.11. The molecule has 0 amide bonds. The maximum atomic E-state index is 13.8. The summed E-state index contributed by atoms with van der Waals surface area (Å²) in [4.78, 5) is 0.457. The summed E-state index contributed by atoms with van der Waals surface area (Å²) in [7, 11) is 0. The third-order valence-corrected chi connectivity index (χ3v) is 5.57. The third kappa shape index (κ3) is 4.04. The normalized spacial score (nSPS) is 11.7. The summed E-state index contributed by atoms with van der Waals surface area (Å²) in [5.41, 5.74) is 0.721. The van der Waals surface area contributed by atoms with Crippen LogP contribution in [0.15, 0.2) is 42.5 Å². The number of hydrogen-bond acceptors (Lipinski definition) is 2. The molecule has 0 unspecified atom stereocenters. The molecule has 3 aromatic rings. The number of alkyl halides is 3. The van der Waals surface area contributed by atoms with Crippen molar-refractivity contribution < 1.29 is 26.7 Å². The number of rotatable bonds is 5. The molecule has 0 saturated carbocycles. The molecule has 0 aliphatic carbocycles. The van der Waals surface area contributed by atoms with Crippen LogP contribution in [0.1, 0.15) is 28.5 Å². The third-order valence-electron chi connectivity index (χ3n) is 4.37. The van der Waals surface area contributed by atoms with Gasteiger partial charge in [0, 0.05) is 15.3 Å². The lowest BCUT2D eigenvalue weighted by Gasteiger charge is -2.14. The van der Waals surface area contributed by atoms with Gasteiger partial charge in [0.2, 0.25) is 0 Å². The van der Waals surface area contributed by atoms with E-state index in [1.54, 1.807) is 12.1 Å². The van der Waals surface area contributed by atoms with Gasteiger partial charge in [0.25, 0.3) is 0 Å². The van der Waals surface area contributed by atoms with Crippen LogP contribution in [0.4, 0.5) is 22.0 Å². The first-order valence-electron chi connectivity index (χ1n) is 8.58. The molecule has 148 valence electrons. The van der Waals surface area contributed by atoms with E-state index in [1.807, 2.05) is 19.1 Å². The molecule has 0 aliphatic heterocycles. The first kappa shape index (κ1) is 20.3. The highest BCUT2D eigenvalue weighted by Gasteiger charge is 2.38. The van der Waals surface area contributed by atoms with Crippen molar-refractivity contribution in [3.05, 3.63) is 75.7 Å². The highest BCUT2D eigenvalue weighted by molar-refractivity contribution is 7.15. The second kappa shape index (κ2) is 7.91. The zero-order valence-corrected chi connectivity index (χ0v) is 16.0. The van der Waals surface area contributed by atoms with E-state index in [9.17, 15) is 22.0 Å². The standard InChI is InChI=1S/C21H17F5OS/c1-3-13-7-9-14(10-8-13)20-15(18(12(2)28-20)21(24,25)26)11-27-19-16(22)5-4-6-17(19)23/h4-10H,3,11H2,1-2H3. The molecular formula is C21H17F5OS. The van der Waals surface area contributed by atoms with E-state index >= 15 is 0 Å². The monoisotopic (exact) mass is 412 g/mol. The van der Waals surface area contributed by atoms with Crippen LogP contribution in [0.3, 0.4) is 0 Å². The Kier molecular flexibility index (Phi) is 5.74. The molecular weight excluding hydrogens is 395 g/mol. The molecule has 28 heavy (non-hydrogen) atoms. The van der Waals surface area contributed by atoms with Gasteiger partial charge in [-0.2, -0.15) is 13.2 Å². The average molecular weight is 412 g/mol. The molecule has 0 atom stereocenters. The molecule has 0 radical (unpaired) electrons. The summed E-state index contributed by atoms with van der Waals surface area (Å²) in [6.07, 6.45) is -3.80. The second-order valence-corrected chi connectivity index (χ2v) is 7.45. The molecule has 1 heterocycles. The number of benzene rings is 2. The average Bonchev–Trinajstić information content (AvgIpc) is 2.98. The van der Waals surface area contributed by atoms with Gasteiger partial charge in [0.1, 0.15) is 6.61 Å². The van der Waals surface area contributed by atoms with Crippen molar-refractivity contribution in [2.24, 2.45) is 0 Å². The molecule has 3 rings (SSSR count). The lowest BCUT2D eigenvalue weighted by molar-refractivity contribution is -0.138. The lowest BCUT2D eigenvalue weighted by atomic mass is 10.0. The van der Waals surface area contributed by atoms with Crippen molar-refractivity contribution in [3.63, 3.8) is 0 Å². The van der Waals surface area contributed by atoms with Crippen LogP contribution < -0.4 is 4.74 Å². The van der Waals surface area contributed by atoms with Gasteiger partial charge in [-0.25, -0.2) is 8.78 Å². The Morgan fingerprint density at radius 2 is 1.57 bits per heavy atom. The zero-order valence-electron chi connectivity index (χ0n) is 15.2. The van der Waals surface area contributed by atoms with Crippen molar-refractivity contribution >= 4 is 11.3 Å². The van der Waals surface area contributed by atoms with Crippen LogP contribution >= 0.6 is 11.3 Å². The van der Waals surface area contributed by atoms with Gasteiger partial charge in [-0.15, -0.1) is 11.3 Å². The van der Waals surface area contributed by atoms with E-state index in [-0.39, 0.29) is 10.4 Å². The summed E-state index contributed by atoms with van der Waals surface area (Å²) in [6, 6.07) is 10.3. The first-order chi connectivity index (χ1) is 13.2. The van der Waals surface area contributed by atoms with Gasteiger partial charge in [0.15, 0.2) is 17.4 Å². The minimum Gasteiger partial charge on any atom is -0.483 e. The maximum absolute atomic E-state index is 13.8. The smallest absolute Gasteiger partial charge is 0.417 e. The Bertz CT molecular complexity index is 953. The number of para-hydroxylation sites is 1. The molecule has 1 aromatic heterocycles. The predicted octanol–water partition coefficient (Wildman–Crippen LogP) is 7.16. The summed E-state index contributed by atoms with van der Waals surface area (Å²) in [5.74, 6) is -2.62. The van der Waals surface area contributed by atoms with E-state index in [2.05, 4.69) is 0 Å². The second-order valence-electron chi connectivity index (χ2n) is 6.23. The summed E-state index contributed by atoms with van der Waals surface area (Å²) >= 11 is 0.990. The molecule has 7 heteroatoms. The summed E-state index contributed by atoms with van der Waals surface area (Å²) in [5, 5.41) is 0.